The number of rotatable bonds is 5. The fraction of sp³-hybridized carbons (Fsp3) is 0.381. The summed E-state index contributed by atoms with van der Waals surface area (Å²) in [5.41, 5.74) is 0.798. The molecule has 0 aliphatic carbocycles. The van der Waals surface area contributed by atoms with E-state index in [2.05, 4.69) is 4.72 Å². The van der Waals surface area contributed by atoms with Crippen LogP contribution in [0.4, 0.5) is 5.69 Å². The number of nitrogens with zero attached hydrogens (tertiary/aromatic N) is 1. The Labute approximate surface area is 180 Å². The lowest BCUT2D eigenvalue weighted by molar-refractivity contribution is 0.0758. The summed E-state index contributed by atoms with van der Waals surface area (Å²) in [6.45, 7) is 1.53. The van der Waals surface area contributed by atoms with E-state index in [9.17, 15) is 13.2 Å². The van der Waals surface area contributed by atoms with Gasteiger partial charge in [0.05, 0.1) is 16.1 Å². The van der Waals surface area contributed by atoms with Crippen LogP contribution >= 0.6 is 11.8 Å². The minimum atomic E-state index is -3.88. The van der Waals surface area contributed by atoms with E-state index >= 15 is 0 Å². The first kappa shape index (κ1) is 20.9. The average molecular weight is 449 g/mol. The monoisotopic (exact) mass is 448 g/mol. The summed E-state index contributed by atoms with van der Waals surface area (Å²) in [6, 6.07) is 9.56. The van der Waals surface area contributed by atoms with Gasteiger partial charge in [0.25, 0.3) is 15.9 Å². The molecule has 9 heteroatoms. The van der Waals surface area contributed by atoms with Gasteiger partial charge in [-0.25, -0.2) is 8.42 Å². The summed E-state index contributed by atoms with van der Waals surface area (Å²) in [4.78, 5) is 15.8. The van der Waals surface area contributed by atoms with Crippen molar-refractivity contribution >= 4 is 33.4 Å². The van der Waals surface area contributed by atoms with E-state index in [-0.39, 0.29) is 17.6 Å². The quantitative estimate of drug-likeness (QED) is 0.697. The van der Waals surface area contributed by atoms with Gasteiger partial charge in [-0.3, -0.25) is 9.52 Å². The van der Waals surface area contributed by atoms with E-state index < -0.39 is 10.0 Å². The summed E-state index contributed by atoms with van der Waals surface area (Å²) < 4.78 is 39.1. The van der Waals surface area contributed by atoms with Gasteiger partial charge in [-0.15, -0.1) is 11.8 Å². The molecule has 0 spiro atoms. The van der Waals surface area contributed by atoms with Gasteiger partial charge >= 0.3 is 0 Å². The molecule has 0 aromatic heterocycles. The highest BCUT2D eigenvalue weighted by atomic mass is 32.2. The second-order valence-corrected chi connectivity index (χ2v) is 9.77. The van der Waals surface area contributed by atoms with Crippen LogP contribution in [0.15, 0.2) is 46.2 Å². The van der Waals surface area contributed by atoms with Crippen molar-refractivity contribution in [3.05, 3.63) is 42.0 Å². The highest BCUT2D eigenvalue weighted by molar-refractivity contribution is 7.98. The molecular weight excluding hydrogens is 424 g/mol. The average Bonchev–Trinajstić information content (AvgIpc) is 3.04. The molecule has 1 saturated heterocycles. The number of sulfonamides is 1. The van der Waals surface area contributed by atoms with Gasteiger partial charge in [-0.05, 0) is 49.4 Å². The van der Waals surface area contributed by atoms with E-state index in [0.29, 0.717) is 35.8 Å². The first-order valence-corrected chi connectivity index (χ1v) is 12.6. The third kappa shape index (κ3) is 4.37. The second-order valence-electron chi connectivity index (χ2n) is 7.24. The van der Waals surface area contributed by atoms with Crippen molar-refractivity contribution < 1.29 is 22.7 Å². The lowest BCUT2D eigenvalue weighted by atomic mass is 10.2. The van der Waals surface area contributed by atoms with Gasteiger partial charge in [-0.2, -0.15) is 0 Å². The minimum absolute atomic E-state index is 0.0520. The van der Waals surface area contributed by atoms with Gasteiger partial charge in [0.1, 0.15) is 0 Å². The van der Waals surface area contributed by atoms with Gasteiger partial charge in [-0.1, -0.05) is 12.8 Å². The molecule has 160 valence electrons. The number of thioether (sulfide) groups is 1. The maximum absolute atomic E-state index is 13.2. The largest absolute Gasteiger partial charge is 0.454 e. The number of carbonyl (C=O) groups is 1. The Balaban J connectivity index is 1.61. The van der Waals surface area contributed by atoms with Crippen molar-refractivity contribution in [1.82, 2.24) is 4.90 Å². The number of likely N-dealkylation sites (tertiary alicyclic amines) is 1. The molecule has 1 amide bonds. The molecule has 0 unspecified atom stereocenters. The number of fused-ring (bicyclic) bond motifs is 1. The highest BCUT2D eigenvalue weighted by Gasteiger charge is 2.24. The Morgan fingerprint density at radius 3 is 2.47 bits per heavy atom. The summed E-state index contributed by atoms with van der Waals surface area (Å²) in [6.07, 6.45) is 6.07. The van der Waals surface area contributed by atoms with E-state index in [1.54, 1.807) is 24.3 Å². The van der Waals surface area contributed by atoms with Crippen LogP contribution in [0.3, 0.4) is 0 Å². The number of hydrogen-bond acceptors (Lipinski definition) is 6. The highest BCUT2D eigenvalue weighted by Crippen LogP contribution is 2.35. The predicted octanol–water partition coefficient (Wildman–Crippen LogP) is 3.95. The van der Waals surface area contributed by atoms with Gasteiger partial charge in [0, 0.05) is 24.1 Å². The predicted molar refractivity (Wildman–Crippen MR) is 116 cm³/mol. The maximum atomic E-state index is 13.2. The van der Waals surface area contributed by atoms with Crippen LogP contribution < -0.4 is 14.2 Å². The third-order valence-electron chi connectivity index (χ3n) is 5.23. The molecule has 2 heterocycles. The second kappa shape index (κ2) is 8.77. The summed E-state index contributed by atoms with van der Waals surface area (Å²) >= 11 is 1.44. The molecule has 0 radical (unpaired) electrons. The van der Waals surface area contributed by atoms with Crippen molar-refractivity contribution in [3.63, 3.8) is 0 Å². The molecule has 2 aromatic rings. The molecule has 30 heavy (non-hydrogen) atoms. The number of hydrogen-bond donors (Lipinski definition) is 1. The Kier molecular flexibility index (Phi) is 6.10. The number of nitrogens with one attached hydrogen (secondary N) is 1. The van der Waals surface area contributed by atoms with Crippen LogP contribution in [0, 0.1) is 0 Å². The van der Waals surface area contributed by atoms with Crippen LogP contribution in [-0.2, 0) is 10.0 Å². The number of carbonyl (C=O) groups excluding carboxylic acids is 1. The first-order chi connectivity index (χ1) is 14.5. The fourth-order valence-electron chi connectivity index (χ4n) is 3.64. The Morgan fingerprint density at radius 1 is 1.00 bits per heavy atom. The molecule has 1 fully saturated rings. The zero-order valence-corrected chi connectivity index (χ0v) is 18.4. The lowest BCUT2D eigenvalue weighted by Crippen LogP contribution is -2.32. The van der Waals surface area contributed by atoms with Crippen LogP contribution in [-0.4, -0.2) is 45.4 Å². The molecule has 7 nitrogen and oxygen atoms in total. The van der Waals surface area contributed by atoms with Gasteiger partial charge in [0.15, 0.2) is 11.5 Å². The third-order valence-corrected chi connectivity index (χ3v) is 7.40. The van der Waals surface area contributed by atoms with Crippen LogP contribution in [0.2, 0.25) is 0 Å². The van der Waals surface area contributed by atoms with Crippen molar-refractivity contribution in [1.29, 1.82) is 0 Å². The summed E-state index contributed by atoms with van der Waals surface area (Å²) in [7, 11) is -3.88. The van der Waals surface area contributed by atoms with E-state index in [1.165, 1.54) is 23.9 Å². The van der Waals surface area contributed by atoms with Gasteiger partial charge in [0.2, 0.25) is 6.79 Å². The van der Waals surface area contributed by atoms with E-state index in [4.69, 9.17) is 9.47 Å². The zero-order valence-electron chi connectivity index (χ0n) is 16.7. The number of ether oxygens (including phenoxy) is 2. The molecule has 1 N–H and O–H groups in total. The minimum Gasteiger partial charge on any atom is -0.454 e. The van der Waals surface area contributed by atoms with Crippen LogP contribution in [0.25, 0.3) is 0 Å². The van der Waals surface area contributed by atoms with Crippen molar-refractivity contribution in [2.45, 2.75) is 35.5 Å². The number of benzene rings is 2. The van der Waals surface area contributed by atoms with Gasteiger partial charge < -0.3 is 14.4 Å². The lowest BCUT2D eigenvalue weighted by Gasteiger charge is -2.22. The molecule has 4 rings (SSSR count). The van der Waals surface area contributed by atoms with Crippen molar-refractivity contribution in [2.75, 3.05) is 30.9 Å². The molecule has 2 aliphatic heterocycles. The van der Waals surface area contributed by atoms with Crippen molar-refractivity contribution in [3.8, 4) is 11.5 Å². The molecule has 0 saturated carbocycles. The zero-order chi connectivity index (χ0) is 21.1. The topological polar surface area (TPSA) is 84.9 Å². The summed E-state index contributed by atoms with van der Waals surface area (Å²) in [5, 5.41) is 0. The smallest absolute Gasteiger partial charge is 0.261 e. The standard InChI is InChI=1S/C21H24N2O5S2/c1-29-20-9-7-16(13-17(20)21(24)23-10-4-2-3-5-11-23)30(25,26)22-15-6-8-18-19(12-15)28-14-27-18/h6-9,12-13,22H,2-5,10-11,14H2,1H3. The Morgan fingerprint density at radius 2 is 1.73 bits per heavy atom. The Hall–Kier alpha value is -2.39. The SMILES string of the molecule is CSc1ccc(S(=O)(=O)Nc2ccc3c(c2)OCO3)cc1C(=O)N1CCCCCC1. The van der Waals surface area contributed by atoms with E-state index in [0.717, 1.165) is 30.6 Å². The molecule has 2 aliphatic rings. The number of amides is 1. The normalized spacial score (nSPS) is 16.2. The summed E-state index contributed by atoms with van der Waals surface area (Å²) in [5.74, 6) is 0.957. The van der Waals surface area contributed by atoms with Crippen LogP contribution in [0.1, 0.15) is 36.0 Å². The van der Waals surface area contributed by atoms with Crippen molar-refractivity contribution in [2.24, 2.45) is 0 Å². The van der Waals surface area contributed by atoms with E-state index in [1.807, 2.05) is 11.2 Å². The molecular formula is C21H24N2O5S2. The Bertz CT molecular complexity index is 1050. The first-order valence-electron chi connectivity index (χ1n) is 9.88. The molecule has 2 aromatic carbocycles. The molecule has 0 bridgehead atoms. The molecule has 0 atom stereocenters. The number of anilines is 1. The fourth-order valence-corrected chi connectivity index (χ4v) is 5.29. The maximum Gasteiger partial charge on any atom is 0.261 e. The van der Waals surface area contributed by atoms with Crippen LogP contribution in [0.5, 0.6) is 11.5 Å².